The lowest BCUT2D eigenvalue weighted by molar-refractivity contribution is 0.0964. The van der Waals surface area contributed by atoms with Crippen LogP contribution in [-0.4, -0.2) is 30.7 Å². The molecular weight excluding hydrogens is 437 g/mol. The van der Waals surface area contributed by atoms with Crippen LogP contribution in [0.3, 0.4) is 0 Å². The van der Waals surface area contributed by atoms with E-state index in [1.807, 2.05) is 49.4 Å². The molecule has 1 atom stereocenters. The fourth-order valence-corrected chi connectivity index (χ4v) is 5.61. The SMILES string of the molecule is CC(C(=O)c1ccc(O[Si](C)(C)C)cc1O[Si](C)(C)C)c1ccc(O[Si](C)(C)C)cc1. The molecule has 0 aliphatic heterocycles. The molecule has 4 nitrogen and oxygen atoms in total. The number of benzene rings is 2. The predicted molar refractivity (Wildman–Crippen MR) is 138 cm³/mol. The lowest BCUT2D eigenvalue weighted by Gasteiger charge is -2.25. The molecule has 0 N–H and O–H groups in total. The quantitative estimate of drug-likeness (QED) is 0.282. The van der Waals surface area contributed by atoms with Crippen molar-refractivity contribution in [2.45, 2.75) is 71.8 Å². The summed E-state index contributed by atoms with van der Waals surface area (Å²) in [7, 11) is -5.33. The van der Waals surface area contributed by atoms with Gasteiger partial charge in [0.25, 0.3) is 0 Å². The molecule has 0 saturated heterocycles. The van der Waals surface area contributed by atoms with E-state index in [2.05, 4.69) is 58.9 Å². The van der Waals surface area contributed by atoms with Crippen molar-refractivity contribution < 1.29 is 18.1 Å². The van der Waals surface area contributed by atoms with Crippen molar-refractivity contribution in [2.75, 3.05) is 0 Å². The van der Waals surface area contributed by atoms with Crippen LogP contribution in [0.1, 0.15) is 28.8 Å². The summed E-state index contributed by atoms with van der Waals surface area (Å²) in [6, 6.07) is 13.5. The maximum Gasteiger partial charge on any atom is 0.242 e. The van der Waals surface area contributed by atoms with Gasteiger partial charge in [0.1, 0.15) is 17.2 Å². The van der Waals surface area contributed by atoms with E-state index in [0.29, 0.717) is 11.3 Å². The Kier molecular flexibility index (Phi) is 7.66. The number of hydrogen-bond acceptors (Lipinski definition) is 4. The van der Waals surface area contributed by atoms with Gasteiger partial charge in [0.2, 0.25) is 25.0 Å². The van der Waals surface area contributed by atoms with Gasteiger partial charge in [0.05, 0.1) is 5.56 Å². The second kappa shape index (κ2) is 9.34. The first-order valence-corrected chi connectivity index (χ1v) is 21.1. The standard InChI is InChI=1S/C24H38O4Si3/c1-18(19-11-13-20(14-12-19)26-29(2,3)4)24(25)22-16-15-21(27-30(5,6)7)17-23(22)28-31(8,9)10/h11-18H,1-10H3. The van der Waals surface area contributed by atoms with Crippen LogP contribution in [0.5, 0.6) is 17.2 Å². The first-order chi connectivity index (χ1) is 14.0. The van der Waals surface area contributed by atoms with Crippen molar-refractivity contribution in [3.63, 3.8) is 0 Å². The molecule has 0 heterocycles. The number of carbonyl (C=O) groups is 1. The fourth-order valence-electron chi connectivity index (χ4n) is 3.10. The summed E-state index contributed by atoms with van der Waals surface area (Å²) in [5.41, 5.74) is 1.58. The number of rotatable bonds is 9. The van der Waals surface area contributed by atoms with Crippen molar-refractivity contribution in [3.8, 4) is 17.2 Å². The van der Waals surface area contributed by atoms with Crippen LogP contribution >= 0.6 is 0 Å². The van der Waals surface area contributed by atoms with Crippen LogP contribution in [0.4, 0.5) is 0 Å². The van der Waals surface area contributed by atoms with Gasteiger partial charge in [-0.2, -0.15) is 0 Å². The smallest absolute Gasteiger partial charge is 0.242 e. The average molecular weight is 475 g/mol. The molecule has 170 valence electrons. The van der Waals surface area contributed by atoms with E-state index in [4.69, 9.17) is 13.3 Å². The molecule has 0 radical (unpaired) electrons. The lowest BCUT2D eigenvalue weighted by atomic mass is 9.92. The van der Waals surface area contributed by atoms with Gasteiger partial charge >= 0.3 is 0 Å². The first-order valence-electron chi connectivity index (χ1n) is 10.9. The summed E-state index contributed by atoms with van der Waals surface area (Å²) < 4.78 is 18.5. The summed E-state index contributed by atoms with van der Waals surface area (Å²) in [5.74, 6) is 2.02. The number of Topliss-reactive ketones (excluding diaryl/α,β-unsaturated/α-hetero) is 1. The maximum atomic E-state index is 13.4. The van der Waals surface area contributed by atoms with E-state index in [-0.39, 0.29) is 11.7 Å². The minimum absolute atomic E-state index is 0.0478. The van der Waals surface area contributed by atoms with Gasteiger partial charge in [-0.25, -0.2) is 0 Å². The zero-order valence-electron chi connectivity index (χ0n) is 20.8. The molecule has 2 rings (SSSR count). The third-order valence-corrected chi connectivity index (χ3v) is 6.78. The molecule has 7 heteroatoms. The number of carbonyl (C=O) groups excluding carboxylic acids is 1. The molecule has 2 aromatic rings. The lowest BCUT2D eigenvalue weighted by Crippen LogP contribution is -2.31. The third-order valence-electron chi connectivity index (χ3n) is 4.26. The Hall–Kier alpha value is -1.84. The zero-order chi connectivity index (χ0) is 23.6. The van der Waals surface area contributed by atoms with Gasteiger partial charge in [-0.05, 0) is 88.8 Å². The molecule has 0 aliphatic rings. The van der Waals surface area contributed by atoms with Crippen LogP contribution in [0.2, 0.25) is 58.9 Å². The van der Waals surface area contributed by atoms with Crippen LogP contribution in [0.15, 0.2) is 42.5 Å². The van der Waals surface area contributed by atoms with Crippen molar-refractivity contribution in [1.82, 2.24) is 0 Å². The molecule has 0 spiro atoms. The largest absolute Gasteiger partial charge is 0.544 e. The normalized spacial score (nSPS) is 13.5. The Morgan fingerprint density at radius 3 is 1.61 bits per heavy atom. The molecule has 2 aromatic carbocycles. The van der Waals surface area contributed by atoms with Crippen LogP contribution in [0, 0.1) is 0 Å². The summed E-state index contributed by atoms with van der Waals surface area (Å²) >= 11 is 0. The van der Waals surface area contributed by atoms with Crippen molar-refractivity contribution >= 4 is 30.7 Å². The minimum Gasteiger partial charge on any atom is -0.544 e. The van der Waals surface area contributed by atoms with Gasteiger partial charge in [0, 0.05) is 12.0 Å². The highest BCUT2D eigenvalue weighted by Crippen LogP contribution is 2.33. The molecule has 0 aliphatic carbocycles. The van der Waals surface area contributed by atoms with E-state index in [1.54, 1.807) is 0 Å². The number of hydrogen-bond donors (Lipinski definition) is 0. The van der Waals surface area contributed by atoms with Crippen LogP contribution in [0.25, 0.3) is 0 Å². The van der Waals surface area contributed by atoms with E-state index >= 15 is 0 Å². The molecule has 0 bridgehead atoms. The maximum absolute atomic E-state index is 13.4. The van der Waals surface area contributed by atoms with Crippen molar-refractivity contribution in [2.24, 2.45) is 0 Å². The monoisotopic (exact) mass is 474 g/mol. The highest BCUT2D eigenvalue weighted by molar-refractivity contribution is 6.71. The van der Waals surface area contributed by atoms with Crippen molar-refractivity contribution in [3.05, 3.63) is 53.6 Å². The first kappa shape index (κ1) is 25.4. The highest BCUT2D eigenvalue weighted by atomic mass is 28.4. The Morgan fingerprint density at radius 2 is 1.13 bits per heavy atom. The molecular formula is C24H38O4Si3. The summed E-state index contributed by atoms with van der Waals surface area (Å²) in [5, 5.41) is 0. The summed E-state index contributed by atoms with van der Waals surface area (Å²) in [6.45, 7) is 21.2. The molecule has 0 aromatic heterocycles. The Labute approximate surface area is 191 Å². The predicted octanol–water partition coefficient (Wildman–Crippen LogP) is 7.31. The number of ketones is 1. The van der Waals surface area contributed by atoms with Gasteiger partial charge in [0.15, 0.2) is 5.78 Å². The molecule has 31 heavy (non-hydrogen) atoms. The molecule has 0 saturated carbocycles. The van der Waals surface area contributed by atoms with Gasteiger partial charge in [-0.1, -0.05) is 19.1 Å². The summed E-state index contributed by atoms with van der Waals surface area (Å²) in [4.78, 5) is 13.4. The van der Waals surface area contributed by atoms with Gasteiger partial charge in [-0.15, -0.1) is 0 Å². The van der Waals surface area contributed by atoms with Crippen LogP contribution < -0.4 is 13.3 Å². The fraction of sp³-hybridized carbons (Fsp3) is 0.458. The van der Waals surface area contributed by atoms with E-state index in [9.17, 15) is 4.79 Å². The van der Waals surface area contributed by atoms with Crippen molar-refractivity contribution in [1.29, 1.82) is 0 Å². The molecule has 0 fully saturated rings. The average Bonchev–Trinajstić information content (AvgIpc) is 2.57. The molecule has 1 unspecified atom stereocenters. The second-order valence-electron chi connectivity index (χ2n) is 11.0. The molecule has 0 amide bonds. The zero-order valence-corrected chi connectivity index (χ0v) is 23.8. The third kappa shape index (κ3) is 8.31. The Bertz CT molecular complexity index is 904. The van der Waals surface area contributed by atoms with E-state index in [1.165, 1.54) is 0 Å². The Balaban J connectivity index is 2.33. The van der Waals surface area contributed by atoms with Gasteiger partial charge < -0.3 is 13.3 Å². The second-order valence-corrected chi connectivity index (χ2v) is 24.2. The van der Waals surface area contributed by atoms with Gasteiger partial charge in [-0.3, -0.25) is 4.79 Å². The van der Waals surface area contributed by atoms with E-state index in [0.717, 1.165) is 17.1 Å². The summed E-state index contributed by atoms with van der Waals surface area (Å²) in [6.07, 6.45) is 0. The topological polar surface area (TPSA) is 44.8 Å². The van der Waals surface area contributed by atoms with E-state index < -0.39 is 25.0 Å². The van der Waals surface area contributed by atoms with Crippen LogP contribution in [-0.2, 0) is 0 Å². The Morgan fingerprint density at radius 1 is 0.677 bits per heavy atom. The highest BCUT2D eigenvalue weighted by Gasteiger charge is 2.26. The minimum atomic E-state index is -1.91.